The summed E-state index contributed by atoms with van der Waals surface area (Å²) < 4.78 is 0. The van der Waals surface area contributed by atoms with Gasteiger partial charge in [0.2, 0.25) is 0 Å². The summed E-state index contributed by atoms with van der Waals surface area (Å²) in [5.74, 6) is 0.416. The highest BCUT2D eigenvalue weighted by Crippen LogP contribution is 2.52. The first-order chi connectivity index (χ1) is 7.23. The molecule has 0 radical (unpaired) electrons. The molecule has 0 aromatic carbocycles. The van der Waals surface area contributed by atoms with Gasteiger partial charge < -0.3 is 5.11 Å². The van der Waals surface area contributed by atoms with Crippen LogP contribution in [0.25, 0.3) is 0 Å². The van der Waals surface area contributed by atoms with E-state index in [0.717, 1.165) is 12.1 Å². The first kappa shape index (κ1) is 9.20. The van der Waals surface area contributed by atoms with E-state index in [-0.39, 0.29) is 0 Å². The molecule has 2 heteroatoms. The minimum Gasteiger partial charge on any atom is -0.506 e. The lowest BCUT2D eigenvalue weighted by atomic mass is 9.79. The number of hydrogen-bond acceptors (Lipinski definition) is 2. The summed E-state index contributed by atoms with van der Waals surface area (Å²) in [7, 11) is 0. The van der Waals surface area contributed by atoms with Crippen LogP contribution in [0.4, 0.5) is 0 Å². The lowest BCUT2D eigenvalue weighted by Crippen LogP contribution is -2.19. The zero-order chi connectivity index (χ0) is 10.5. The number of rotatable bonds is 0. The van der Waals surface area contributed by atoms with Crippen LogP contribution in [0.3, 0.4) is 0 Å². The zero-order valence-corrected chi connectivity index (χ0v) is 9.21. The molecule has 0 saturated heterocycles. The standard InChI is InChI=1S/C13H17NO/c1-9-12-10(11(15)8-14-9)4-7-13(12)5-2-3-6-13/h8,15H,2-7H2,1H3. The van der Waals surface area contributed by atoms with Crippen molar-refractivity contribution in [3.63, 3.8) is 0 Å². The van der Waals surface area contributed by atoms with Gasteiger partial charge in [0.25, 0.3) is 0 Å². The van der Waals surface area contributed by atoms with Crippen LogP contribution in [0.2, 0.25) is 0 Å². The van der Waals surface area contributed by atoms with Gasteiger partial charge in [-0.1, -0.05) is 12.8 Å². The second-order valence-electron chi connectivity index (χ2n) is 5.07. The molecule has 1 spiro atoms. The minimum absolute atomic E-state index is 0.380. The van der Waals surface area contributed by atoms with Gasteiger partial charge in [-0.05, 0) is 43.6 Å². The molecular weight excluding hydrogens is 186 g/mol. The van der Waals surface area contributed by atoms with Crippen LogP contribution in [-0.2, 0) is 11.8 Å². The van der Waals surface area contributed by atoms with Crippen LogP contribution in [0.15, 0.2) is 6.20 Å². The Hall–Kier alpha value is -1.05. The molecule has 80 valence electrons. The normalized spacial score (nSPS) is 22.2. The number of aromatic nitrogens is 1. The number of pyridine rings is 1. The highest BCUT2D eigenvalue weighted by atomic mass is 16.3. The van der Waals surface area contributed by atoms with E-state index < -0.39 is 0 Å². The van der Waals surface area contributed by atoms with Gasteiger partial charge in [-0.3, -0.25) is 4.98 Å². The molecule has 0 unspecified atom stereocenters. The maximum atomic E-state index is 9.84. The third kappa shape index (κ3) is 1.14. The van der Waals surface area contributed by atoms with Crippen LogP contribution in [0.5, 0.6) is 5.75 Å². The highest BCUT2D eigenvalue weighted by molar-refractivity contribution is 5.48. The van der Waals surface area contributed by atoms with E-state index in [2.05, 4.69) is 11.9 Å². The van der Waals surface area contributed by atoms with E-state index in [1.54, 1.807) is 6.20 Å². The van der Waals surface area contributed by atoms with E-state index in [4.69, 9.17) is 0 Å². The van der Waals surface area contributed by atoms with Gasteiger partial charge in [0.15, 0.2) is 0 Å². The summed E-state index contributed by atoms with van der Waals surface area (Å²) >= 11 is 0. The van der Waals surface area contributed by atoms with Crippen LogP contribution in [-0.4, -0.2) is 10.1 Å². The van der Waals surface area contributed by atoms with E-state index in [9.17, 15) is 5.11 Å². The van der Waals surface area contributed by atoms with E-state index in [1.807, 2.05) is 0 Å². The maximum Gasteiger partial charge on any atom is 0.137 e. The summed E-state index contributed by atoms with van der Waals surface area (Å²) in [6.45, 7) is 2.09. The molecule has 0 aliphatic heterocycles. The molecule has 1 heterocycles. The van der Waals surface area contributed by atoms with Crippen molar-refractivity contribution in [1.29, 1.82) is 0 Å². The summed E-state index contributed by atoms with van der Waals surface area (Å²) in [6, 6.07) is 0. The fourth-order valence-electron chi connectivity index (χ4n) is 3.64. The number of aryl methyl sites for hydroxylation is 1. The number of nitrogens with zero attached hydrogens (tertiary/aromatic N) is 1. The van der Waals surface area contributed by atoms with Crippen molar-refractivity contribution in [2.45, 2.75) is 50.9 Å². The topological polar surface area (TPSA) is 33.1 Å². The van der Waals surface area contributed by atoms with Crippen LogP contribution in [0, 0.1) is 6.92 Å². The fourth-order valence-corrected chi connectivity index (χ4v) is 3.64. The molecule has 2 aliphatic carbocycles. The van der Waals surface area contributed by atoms with Gasteiger partial charge in [-0.2, -0.15) is 0 Å². The van der Waals surface area contributed by atoms with Gasteiger partial charge in [0.05, 0.1) is 6.20 Å². The average Bonchev–Trinajstić information content (AvgIpc) is 2.83. The number of fused-ring (bicyclic) bond motifs is 2. The van der Waals surface area contributed by atoms with Crippen LogP contribution < -0.4 is 0 Å². The van der Waals surface area contributed by atoms with Gasteiger partial charge in [0, 0.05) is 11.3 Å². The summed E-state index contributed by atoms with van der Waals surface area (Å²) in [5.41, 5.74) is 4.09. The van der Waals surface area contributed by atoms with E-state index in [1.165, 1.54) is 43.2 Å². The second-order valence-corrected chi connectivity index (χ2v) is 5.07. The molecule has 0 amide bonds. The minimum atomic E-state index is 0.380. The van der Waals surface area contributed by atoms with Crippen molar-refractivity contribution in [2.24, 2.45) is 0 Å². The maximum absolute atomic E-state index is 9.84. The molecule has 3 rings (SSSR count). The van der Waals surface area contributed by atoms with Gasteiger partial charge in [0.1, 0.15) is 5.75 Å². The second kappa shape index (κ2) is 2.97. The Kier molecular flexibility index (Phi) is 1.82. The predicted octanol–water partition coefficient (Wildman–Crippen LogP) is 2.85. The van der Waals surface area contributed by atoms with E-state index >= 15 is 0 Å². The molecule has 0 bridgehead atoms. The largest absolute Gasteiger partial charge is 0.506 e. The molecule has 1 N–H and O–H groups in total. The van der Waals surface area contributed by atoms with Crippen molar-refractivity contribution < 1.29 is 5.11 Å². The monoisotopic (exact) mass is 203 g/mol. The molecule has 1 aromatic heterocycles. The number of aromatic hydroxyl groups is 1. The Morgan fingerprint density at radius 3 is 2.73 bits per heavy atom. The molecule has 1 aromatic rings. The Morgan fingerprint density at radius 2 is 2.00 bits per heavy atom. The summed E-state index contributed by atoms with van der Waals surface area (Å²) in [5, 5.41) is 9.84. The van der Waals surface area contributed by atoms with Gasteiger partial charge >= 0.3 is 0 Å². The molecule has 15 heavy (non-hydrogen) atoms. The molecule has 0 atom stereocenters. The van der Waals surface area contributed by atoms with E-state index in [0.29, 0.717) is 11.2 Å². The molecule has 1 fully saturated rings. The highest BCUT2D eigenvalue weighted by Gasteiger charge is 2.43. The summed E-state index contributed by atoms with van der Waals surface area (Å²) in [4.78, 5) is 4.32. The summed E-state index contributed by atoms with van der Waals surface area (Å²) in [6.07, 6.45) is 9.16. The Morgan fingerprint density at radius 1 is 1.27 bits per heavy atom. The van der Waals surface area contributed by atoms with Crippen LogP contribution >= 0.6 is 0 Å². The first-order valence-electron chi connectivity index (χ1n) is 5.91. The van der Waals surface area contributed by atoms with Gasteiger partial charge in [-0.25, -0.2) is 0 Å². The lowest BCUT2D eigenvalue weighted by molar-refractivity contribution is 0.435. The Balaban J connectivity index is 2.20. The lowest BCUT2D eigenvalue weighted by Gasteiger charge is -2.25. The fraction of sp³-hybridized carbons (Fsp3) is 0.615. The third-order valence-corrected chi connectivity index (χ3v) is 4.30. The Labute approximate surface area is 90.4 Å². The zero-order valence-electron chi connectivity index (χ0n) is 9.21. The predicted molar refractivity (Wildman–Crippen MR) is 59.1 cm³/mol. The quantitative estimate of drug-likeness (QED) is 0.703. The van der Waals surface area contributed by atoms with Crippen molar-refractivity contribution in [2.75, 3.05) is 0 Å². The number of hydrogen-bond donors (Lipinski definition) is 1. The average molecular weight is 203 g/mol. The smallest absolute Gasteiger partial charge is 0.137 e. The van der Waals surface area contributed by atoms with Gasteiger partial charge in [-0.15, -0.1) is 0 Å². The van der Waals surface area contributed by atoms with Crippen molar-refractivity contribution in [3.8, 4) is 5.75 Å². The van der Waals surface area contributed by atoms with Crippen LogP contribution in [0.1, 0.15) is 48.9 Å². The van der Waals surface area contributed by atoms with Crippen molar-refractivity contribution in [1.82, 2.24) is 4.98 Å². The first-order valence-corrected chi connectivity index (χ1v) is 5.91. The van der Waals surface area contributed by atoms with Crippen molar-refractivity contribution in [3.05, 3.63) is 23.0 Å². The SMILES string of the molecule is Cc1ncc(O)c2c1C1(CCCC1)CC2. The molecule has 2 aliphatic rings. The Bertz CT molecular complexity index is 405. The molecule has 2 nitrogen and oxygen atoms in total. The molecular formula is C13H17NO. The van der Waals surface area contributed by atoms with Crippen molar-refractivity contribution >= 4 is 0 Å². The molecule has 1 saturated carbocycles. The third-order valence-electron chi connectivity index (χ3n) is 4.30.